The van der Waals surface area contributed by atoms with Gasteiger partial charge in [-0.3, -0.25) is 4.90 Å². The van der Waals surface area contributed by atoms with E-state index in [0.29, 0.717) is 13.2 Å². The van der Waals surface area contributed by atoms with Crippen molar-refractivity contribution >= 4 is 22.9 Å². The molecule has 0 radical (unpaired) electrons. The van der Waals surface area contributed by atoms with Crippen LogP contribution in [0.1, 0.15) is 24.6 Å². The van der Waals surface area contributed by atoms with Gasteiger partial charge in [0.2, 0.25) is 0 Å². The van der Waals surface area contributed by atoms with E-state index >= 15 is 0 Å². The molecule has 1 N–H and O–H groups in total. The van der Waals surface area contributed by atoms with Crippen molar-refractivity contribution in [3.05, 3.63) is 59.8 Å². The molecule has 2 aromatic carbocycles. The van der Waals surface area contributed by atoms with E-state index in [-0.39, 0.29) is 11.6 Å². The maximum Gasteiger partial charge on any atom is 0.490 e. The third kappa shape index (κ3) is 6.13. The third-order valence-corrected chi connectivity index (χ3v) is 8.07. The molecule has 1 unspecified atom stereocenters. The summed E-state index contributed by atoms with van der Waals surface area (Å²) < 4.78 is 45.6. The average Bonchev–Trinajstić information content (AvgIpc) is 3.51. The van der Waals surface area contributed by atoms with Crippen LogP contribution in [0.25, 0.3) is 10.9 Å². The SMILES string of the molecule is CCN(C)C(=O)N1CCc2c(n(C)c3ccc(OC)cc23)C12CCN(CCOc1ccccc1)C2.O=C(O)C(F)(F)F. The summed E-state index contributed by atoms with van der Waals surface area (Å²) in [4.78, 5) is 28.9. The molecule has 0 bridgehead atoms. The number of aromatic nitrogens is 1. The number of hydrogen-bond acceptors (Lipinski definition) is 5. The van der Waals surface area contributed by atoms with Crippen molar-refractivity contribution in [2.45, 2.75) is 31.5 Å². The van der Waals surface area contributed by atoms with E-state index < -0.39 is 12.1 Å². The lowest BCUT2D eigenvalue weighted by Gasteiger charge is -2.46. The molecule has 0 saturated carbocycles. The highest BCUT2D eigenvalue weighted by atomic mass is 19.4. The van der Waals surface area contributed by atoms with Crippen LogP contribution >= 0.6 is 0 Å². The highest BCUT2D eigenvalue weighted by molar-refractivity contribution is 5.88. The quantitative estimate of drug-likeness (QED) is 0.447. The maximum atomic E-state index is 13.6. The predicted molar refractivity (Wildman–Crippen MR) is 152 cm³/mol. The monoisotopic (exact) mass is 590 g/mol. The van der Waals surface area contributed by atoms with Crippen molar-refractivity contribution in [1.29, 1.82) is 0 Å². The van der Waals surface area contributed by atoms with E-state index in [9.17, 15) is 18.0 Å². The van der Waals surface area contributed by atoms with Gasteiger partial charge in [0, 0.05) is 63.4 Å². The number of carbonyl (C=O) groups excluding carboxylic acids is 1. The molecule has 2 amide bonds. The van der Waals surface area contributed by atoms with Gasteiger partial charge in [-0.25, -0.2) is 9.59 Å². The normalized spacial score (nSPS) is 18.4. The van der Waals surface area contributed by atoms with Crippen LogP contribution in [0.2, 0.25) is 0 Å². The number of aryl methyl sites for hydroxylation is 1. The predicted octanol–water partition coefficient (Wildman–Crippen LogP) is 4.73. The van der Waals surface area contributed by atoms with Crippen LogP contribution in [0.5, 0.6) is 11.5 Å². The van der Waals surface area contributed by atoms with E-state index in [4.69, 9.17) is 19.4 Å². The number of carbonyl (C=O) groups is 2. The molecule has 1 saturated heterocycles. The lowest BCUT2D eigenvalue weighted by atomic mass is 9.83. The molecule has 12 heteroatoms. The first-order valence-electron chi connectivity index (χ1n) is 13.8. The Labute approximate surface area is 243 Å². The number of alkyl halides is 3. The van der Waals surface area contributed by atoms with Crippen molar-refractivity contribution < 1.29 is 37.3 Å². The largest absolute Gasteiger partial charge is 0.497 e. The molecule has 3 heterocycles. The van der Waals surface area contributed by atoms with Crippen LogP contribution in [0, 0.1) is 0 Å². The number of para-hydroxylation sites is 1. The zero-order chi connectivity index (χ0) is 30.7. The molecule has 1 aromatic heterocycles. The van der Waals surface area contributed by atoms with Crippen LogP contribution in [-0.4, -0.2) is 96.0 Å². The van der Waals surface area contributed by atoms with Crippen LogP contribution in [0.15, 0.2) is 48.5 Å². The Morgan fingerprint density at radius 3 is 2.40 bits per heavy atom. The Balaban J connectivity index is 0.000000517. The molecule has 9 nitrogen and oxygen atoms in total. The Hall–Kier alpha value is -3.93. The van der Waals surface area contributed by atoms with Crippen molar-refractivity contribution in [1.82, 2.24) is 19.3 Å². The first-order valence-corrected chi connectivity index (χ1v) is 13.8. The van der Waals surface area contributed by atoms with Gasteiger partial charge in [-0.1, -0.05) is 18.2 Å². The van der Waals surface area contributed by atoms with Crippen LogP contribution in [0.4, 0.5) is 18.0 Å². The number of aliphatic carboxylic acids is 1. The minimum Gasteiger partial charge on any atom is -0.497 e. The molecular formula is C30H37F3N4O5. The van der Waals surface area contributed by atoms with E-state index in [1.807, 2.05) is 55.3 Å². The van der Waals surface area contributed by atoms with Gasteiger partial charge >= 0.3 is 18.2 Å². The molecule has 2 aliphatic heterocycles. The number of hydrogen-bond donors (Lipinski definition) is 1. The van der Waals surface area contributed by atoms with Gasteiger partial charge in [0.25, 0.3) is 0 Å². The number of urea groups is 1. The highest BCUT2D eigenvalue weighted by Gasteiger charge is 2.52. The van der Waals surface area contributed by atoms with Crippen molar-refractivity contribution in [2.24, 2.45) is 7.05 Å². The van der Waals surface area contributed by atoms with Crippen LogP contribution in [-0.2, 0) is 23.8 Å². The van der Waals surface area contributed by atoms with Crippen LogP contribution in [0.3, 0.4) is 0 Å². The number of nitrogens with zero attached hydrogens (tertiary/aromatic N) is 4. The molecule has 0 aliphatic carbocycles. The number of fused-ring (bicyclic) bond motifs is 4. The number of ether oxygens (including phenoxy) is 2. The van der Waals surface area contributed by atoms with Crippen LogP contribution < -0.4 is 9.47 Å². The fraction of sp³-hybridized carbons (Fsp3) is 0.467. The second kappa shape index (κ2) is 12.5. The lowest BCUT2D eigenvalue weighted by Crippen LogP contribution is -2.58. The van der Waals surface area contributed by atoms with Crippen molar-refractivity contribution in [3.63, 3.8) is 0 Å². The summed E-state index contributed by atoms with van der Waals surface area (Å²) in [6.45, 7) is 6.65. The van der Waals surface area contributed by atoms with Gasteiger partial charge in [-0.15, -0.1) is 0 Å². The van der Waals surface area contributed by atoms with E-state index in [1.54, 1.807) is 7.11 Å². The second-order valence-corrected chi connectivity index (χ2v) is 10.5. The van der Waals surface area contributed by atoms with E-state index in [1.165, 1.54) is 22.2 Å². The van der Waals surface area contributed by atoms with Crippen molar-refractivity contribution in [3.8, 4) is 11.5 Å². The molecule has 42 heavy (non-hydrogen) atoms. The third-order valence-electron chi connectivity index (χ3n) is 8.07. The number of benzene rings is 2. The summed E-state index contributed by atoms with van der Waals surface area (Å²) in [6, 6.07) is 16.4. The summed E-state index contributed by atoms with van der Waals surface area (Å²) in [5.74, 6) is -0.992. The second-order valence-electron chi connectivity index (χ2n) is 10.5. The Kier molecular flexibility index (Phi) is 9.24. The number of amides is 2. The van der Waals surface area contributed by atoms with Gasteiger partial charge in [0.05, 0.1) is 12.6 Å². The summed E-state index contributed by atoms with van der Waals surface area (Å²) in [6.07, 6.45) is -3.32. The van der Waals surface area contributed by atoms with E-state index in [0.717, 1.165) is 50.5 Å². The standard InChI is InChI=1S/C28H36N4O3.C2HF3O2/c1-5-29(2)27(33)32-15-13-23-24-19-22(34-4)11-12-25(24)30(3)26(23)28(32)14-16-31(20-28)17-18-35-21-9-7-6-8-10-21;3-2(4,5)1(6)7/h6-12,19H,5,13-18,20H2,1-4H3;(H,6,7). The number of methoxy groups -OCH3 is 1. The minimum atomic E-state index is -5.08. The fourth-order valence-corrected chi connectivity index (χ4v) is 5.94. The molecular weight excluding hydrogens is 553 g/mol. The molecule has 3 aromatic rings. The number of carboxylic acid groups (broad SMARTS) is 1. The molecule has 1 fully saturated rings. The van der Waals surface area contributed by atoms with Gasteiger partial charge in [0.15, 0.2) is 0 Å². The molecule has 5 rings (SSSR count). The lowest BCUT2D eigenvalue weighted by molar-refractivity contribution is -0.192. The van der Waals surface area contributed by atoms with Gasteiger partial charge in [-0.05, 0) is 55.7 Å². The first kappa shape index (κ1) is 31.0. The van der Waals surface area contributed by atoms with E-state index in [2.05, 4.69) is 33.5 Å². The molecule has 1 spiro atoms. The number of rotatable bonds is 6. The number of halogens is 3. The number of likely N-dealkylation sites (tertiary alicyclic amines) is 1. The molecule has 228 valence electrons. The topological polar surface area (TPSA) is 87.5 Å². The van der Waals surface area contributed by atoms with Gasteiger partial charge in [-0.2, -0.15) is 13.2 Å². The summed E-state index contributed by atoms with van der Waals surface area (Å²) in [5, 5.41) is 8.36. The fourth-order valence-electron chi connectivity index (χ4n) is 5.94. The van der Waals surface area contributed by atoms with Crippen molar-refractivity contribution in [2.75, 3.05) is 53.5 Å². The Bertz CT molecular complexity index is 1410. The first-order chi connectivity index (χ1) is 19.9. The molecule has 1 atom stereocenters. The highest BCUT2D eigenvalue weighted by Crippen LogP contribution is 2.46. The van der Waals surface area contributed by atoms with Gasteiger partial charge in [0.1, 0.15) is 18.1 Å². The summed E-state index contributed by atoms with van der Waals surface area (Å²) in [7, 11) is 5.76. The van der Waals surface area contributed by atoms with Gasteiger partial charge < -0.3 is 28.9 Å². The smallest absolute Gasteiger partial charge is 0.490 e. The zero-order valence-electron chi connectivity index (χ0n) is 24.3. The Morgan fingerprint density at radius 2 is 1.79 bits per heavy atom. The summed E-state index contributed by atoms with van der Waals surface area (Å²) >= 11 is 0. The average molecular weight is 591 g/mol. The zero-order valence-corrected chi connectivity index (χ0v) is 24.3. The Morgan fingerprint density at radius 1 is 1.10 bits per heavy atom. The maximum absolute atomic E-state index is 13.6. The summed E-state index contributed by atoms with van der Waals surface area (Å²) in [5.41, 5.74) is 3.46. The molecule has 2 aliphatic rings. The minimum absolute atomic E-state index is 0.114. The number of carboxylic acids is 1.